The molecule has 4 heteroatoms. The number of amides is 1. The Kier molecular flexibility index (Phi) is 4.59. The average molecular weight is 228 g/mol. The molecule has 0 spiro atoms. The highest BCUT2D eigenvalue weighted by molar-refractivity contribution is 5.67. The predicted molar refractivity (Wildman–Crippen MR) is 64.5 cm³/mol. The van der Waals surface area contributed by atoms with Crippen LogP contribution in [0, 0.1) is 0 Å². The van der Waals surface area contributed by atoms with Gasteiger partial charge in [0, 0.05) is 12.6 Å². The van der Waals surface area contributed by atoms with Gasteiger partial charge in [-0.1, -0.05) is 6.92 Å². The van der Waals surface area contributed by atoms with Crippen molar-refractivity contribution in [3.05, 3.63) is 0 Å². The molecule has 0 aromatic rings. The summed E-state index contributed by atoms with van der Waals surface area (Å²) in [4.78, 5) is 13.9. The van der Waals surface area contributed by atoms with Gasteiger partial charge in [-0.2, -0.15) is 0 Å². The van der Waals surface area contributed by atoms with Crippen LogP contribution in [0.4, 0.5) is 4.79 Å². The quantitative estimate of drug-likeness (QED) is 0.803. The summed E-state index contributed by atoms with van der Waals surface area (Å²) in [6, 6.07) is 0.484. The Bertz CT molecular complexity index is 236. The van der Waals surface area contributed by atoms with E-state index in [1.807, 2.05) is 20.8 Å². The van der Waals surface area contributed by atoms with Gasteiger partial charge < -0.3 is 10.1 Å². The zero-order valence-corrected chi connectivity index (χ0v) is 10.9. The van der Waals surface area contributed by atoms with Crippen LogP contribution in [0.5, 0.6) is 0 Å². The number of nitrogens with one attached hydrogen (secondary N) is 1. The normalized spacial score (nSPS) is 22.1. The smallest absolute Gasteiger partial charge is 0.407 e. The van der Waals surface area contributed by atoms with E-state index in [1.165, 1.54) is 12.8 Å². The number of carbonyl (C=O) groups is 1. The minimum atomic E-state index is -0.412. The standard InChI is InChI=1S/C12H24N2O2/c1-5-14-8-6-7-10(14)9-13-11(15)16-12(2,3)4/h10H,5-9H2,1-4H3,(H,13,15)/t10-/m1/s1. The maximum Gasteiger partial charge on any atom is 0.407 e. The van der Waals surface area contributed by atoms with Crippen molar-refractivity contribution in [2.75, 3.05) is 19.6 Å². The molecule has 1 aliphatic heterocycles. The second-order valence-corrected chi connectivity index (χ2v) is 5.31. The van der Waals surface area contributed by atoms with Crippen molar-refractivity contribution in [3.8, 4) is 0 Å². The minimum absolute atomic E-state index is 0.310. The van der Waals surface area contributed by atoms with E-state index in [1.54, 1.807) is 0 Å². The molecule has 4 nitrogen and oxygen atoms in total. The van der Waals surface area contributed by atoms with Gasteiger partial charge in [0.15, 0.2) is 0 Å². The first-order valence-corrected chi connectivity index (χ1v) is 6.13. The van der Waals surface area contributed by atoms with Crippen LogP contribution in [0.2, 0.25) is 0 Å². The van der Waals surface area contributed by atoms with Gasteiger partial charge in [0.2, 0.25) is 0 Å². The first kappa shape index (κ1) is 13.3. The van der Waals surface area contributed by atoms with Crippen LogP contribution in [0.25, 0.3) is 0 Å². The van der Waals surface area contributed by atoms with Crippen LogP contribution in [-0.4, -0.2) is 42.3 Å². The topological polar surface area (TPSA) is 41.6 Å². The Morgan fingerprint density at radius 3 is 2.75 bits per heavy atom. The SMILES string of the molecule is CCN1CCC[C@@H]1CNC(=O)OC(C)(C)C. The van der Waals surface area contributed by atoms with Gasteiger partial charge in [-0.3, -0.25) is 4.90 Å². The lowest BCUT2D eigenvalue weighted by Gasteiger charge is -2.24. The van der Waals surface area contributed by atoms with E-state index in [2.05, 4.69) is 17.1 Å². The van der Waals surface area contributed by atoms with Gasteiger partial charge in [-0.05, 0) is 46.7 Å². The third kappa shape index (κ3) is 4.39. The molecule has 0 radical (unpaired) electrons. The van der Waals surface area contributed by atoms with Gasteiger partial charge in [0.05, 0.1) is 0 Å². The summed E-state index contributed by atoms with van der Waals surface area (Å²) < 4.78 is 5.20. The molecule has 16 heavy (non-hydrogen) atoms. The maximum atomic E-state index is 11.5. The second-order valence-electron chi connectivity index (χ2n) is 5.31. The summed E-state index contributed by atoms with van der Waals surface area (Å²) in [5.74, 6) is 0. The number of hydrogen-bond donors (Lipinski definition) is 1. The molecule has 0 aliphatic carbocycles. The highest BCUT2D eigenvalue weighted by Crippen LogP contribution is 2.15. The zero-order chi connectivity index (χ0) is 12.2. The van der Waals surface area contributed by atoms with Crippen LogP contribution in [0.15, 0.2) is 0 Å². The molecular formula is C12H24N2O2. The highest BCUT2D eigenvalue weighted by Gasteiger charge is 2.24. The number of nitrogens with zero attached hydrogens (tertiary/aromatic N) is 1. The van der Waals surface area contributed by atoms with Crippen molar-refractivity contribution in [1.82, 2.24) is 10.2 Å². The molecule has 0 aromatic heterocycles. The summed E-state index contributed by atoms with van der Waals surface area (Å²) in [6.45, 7) is 10.7. The van der Waals surface area contributed by atoms with Crippen molar-refractivity contribution in [2.45, 2.75) is 52.2 Å². The number of hydrogen-bond acceptors (Lipinski definition) is 3. The molecule has 1 heterocycles. The Labute approximate surface area is 98.3 Å². The largest absolute Gasteiger partial charge is 0.444 e. The second kappa shape index (κ2) is 5.53. The average Bonchev–Trinajstić information content (AvgIpc) is 2.59. The fraction of sp³-hybridized carbons (Fsp3) is 0.917. The van der Waals surface area contributed by atoms with Crippen LogP contribution >= 0.6 is 0 Å². The highest BCUT2D eigenvalue weighted by atomic mass is 16.6. The molecule has 1 rings (SSSR count). The molecule has 0 unspecified atom stereocenters. The van der Waals surface area contributed by atoms with Crippen molar-refractivity contribution < 1.29 is 9.53 Å². The lowest BCUT2D eigenvalue weighted by Crippen LogP contribution is -2.41. The number of likely N-dealkylation sites (N-methyl/N-ethyl adjacent to an activating group) is 1. The van der Waals surface area contributed by atoms with Crippen molar-refractivity contribution in [2.24, 2.45) is 0 Å². The third-order valence-corrected chi connectivity index (χ3v) is 2.79. The Hall–Kier alpha value is -0.770. The fourth-order valence-electron chi connectivity index (χ4n) is 2.06. The van der Waals surface area contributed by atoms with Crippen LogP contribution in [0.1, 0.15) is 40.5 Å². The van der Waals surface area contributed by atoms with Gasteiger partial charge in [0.1, 0.15) is 5.60 Å². The molecule has 0 bridgehead atoms. The first-order valence-electron chi connectivity index (χ1n) is 6.13. The molecule has 1 aliphatic rings. The molecule has 1 amide bonds. The maximum absolute atomic E-state index is 11.5. The van der Waals surface area contributed by atoms with E-state index in [0.717, 1.165) is 13.1 Å². The van der Waals surface area contributed by atoms with Crippen molar-refractivity contribution in [3.63, 3.8) is 0 Å². The lowest BCUT2D eigenvalue weighted by atomic mass is 10.2. The Morgan fingerprint density at radius 1 is 1.50 bits per heavy atom. The molecule has 0 aromatic carbocycles. The van der Waals surface area contributed by atoms with E-state index in [0.29, 0.717) is 12.6 Å². The van der Waals surface area contributed by atoms with Crippen molar-refractivity contribution >= 4 is 6.09 Å². The summed E-state index contributed by atoms with van der Waals surface area (Å²) in [6.07, 6.45) is 2.09. The summed E-state index contributed by atoms with van der Waals surface area (Å²) >= 11 is 0. The van der Waals surface area contributed by atoms with Gasteiger partial charge in [0.25, 0.3) is 0 Å². The van der Waals surface area contributed by atoms with E-state index >= 15 is 0 Å². The number of alkyl carbamates (subject to hydrolysis) is 1. The molecule has 1 atom stereocenters. The van der Waals surface area contributed by atoms with Crippen LogP contribution in [-0.2, 0) is 4.74 Å². The molecule has 94 valence electrons. The molecule has 1 fully saturated rings. The fourth-order valence-corrected chi connectivity index (χ4v) is 2.06. The molecule has 0 saturated carbocycles. The van der Waals surface area contributed by atoms with Crippen LogP contribution in [0.3, 0.4) is 0 Å². The lowest BCUT2D eigenvalue weighted by molar-refractivity contribution is 0.0514. The molecule has 1 saturated heterocycles. The van der Waals surface area contributed by atoms with E-state index in [9.17, 15) is 4.79 Å². The van der Waals surface area contributed by atoms with Gasteiger partial charge in [-0.25, -0.2) is 4.79 Å². The van der Waals surface area contributed by atoms with Crippen LogP contribution < -0.4 is 5.32 Å². The van der Waals surface area contributed by atoms with Gasteiger partial charge >= 0.3 is 6.09 Å². The minimum Gasteiger partial charge on any atom is -0.444 e. The summed E-state index contributed by atoms with van der Waals surface area (Å²) in [5.41, 5.74) is -0.412. The molecular weight excluding hydrogens is 204 g/mol. The Morgan fingerprint density at radius 2 is 2.19 bits per heavy atom. The van der Waals surface area contributed by atoms with Crippen molar-refractivity contribution in [1.29, 1.82) is 0 Å². The summed E-state index contributed by atoms with van der Waals surface area (Å²) in [5, 5.41) is 2.84. The number of carbonyl (C=O) groups excluding carboxylic acids is 1. The molecule has 1 N–H and O–H groups in total. The predicted octanol–water partition coefficient (Wildman–Crippen LogP) is 2.00. The first-order chi connectivity index (χ1) is 7.42. The number of ether oxygens (including phenoxy) is 1. The third-order valence-electron chi connectivity index (χ3n) is 2.79. The zero-order valence-electron chi connectivity index (χ0n) is 10.9. The summed E-state index contributed by atoms with van der Waals surface area (Å²) in [7, 11) is 0. The number of rotatable bonds is 3. The Balaban J connectivity index is 2.26. The van der Waals surface area contributed by atoms with Gasteiger partial charge in [-0.15, -0.1) is 0 Å². The monoisotopic (exact) mass is 228 g/mol. The van der Waals surface area contributed by atoms with E-state index in [-0.39, 0.29) is 6.09 Å². The van der Waals surface area contributed by atoms with E-state index < -0.39 is 5.60 Å². The van der Waals surface area contributed by atoms with E-state index in [4.69, 9.17) is 4.74 Å². The number of likely N-dealkylation sites (tertiary alicyclic amines) is 1.